The fourth-order valence-corrected chi connectivity index (χ4v) is 2.20. The van der Waals surface area contributed by atoms with Gasteiger partial charge in [-0.1, -0.05) is 39.0 Å². The van der Waals surface area contributed by atoms with Crippen LogP contribution in [-0.4, -0.2) is 19.1 Å². The second kappa shape index (κ2) is 6.36. The summed E-state index contributed by atoms with van der Waals surface area (Å²) in [5.41, 5.74) is 6.76. The van der Waals surface area contributed by atoms with E-state index in [2.05, 4.69) is 11.4 Å². The molecule has 0 aliphatic carbocycles. The quantitative estimate of drug-likeness (QED) is 0.912. The van der Waals surface area contributed by atoms with E-state index in [1.165, 1.54) is 0 Å². The predicted molar refractivity (Wildman–Crippen MR) is 89.8 cm³/mol. The summed E-state index contributed by atoms with van der Waals surface area (Å²) in [6.07, 6.45) is 0. The van der Waals surface area contributed by atoms with Gasteiger partial charge >= 0.3 is 0 Å². The molecule has 0 saturated heterocycles. The van der Waals surface area contributed by atoms with Gasteiger partial charge in [-0.3, -0.25) is 4.79 Å². The molecule has 0 aliphatic rings. The van der Waals surface area contributed by atoms with Crippen molar-refractivity contribution in [2.24, 2.45) is 11.1 Å². The first-order chi connectivity index (χ1) is 10.3. The number of nitrogens with one attached hydrogen (secondary N) is 1. The van der Waals surface area contributed by atoms with Crippen LogP contribution in [0, 0.1) is 5.41 Å². The Balaban J connectivity index is 2.08. The van der Waals surface area contributed by atoms with E-state index in [0.717, 1.165) is 22.1 Å². The fraction of sp³-hybridized carbons (Fsp3) is 0.389. The lowest BCUT2D eigenvalue weighted by atomic mass is 9.87. The van der Waals surface area contributed by atoms with Crippen LogP contribution in [0.4, 0.5) is 0 Å². The summed E-state index contributed by atoms with van der Waals surface area (Å²) in [6.45, 7) is 6.35. The van der Waals surface area contributed by atoms with Crippen molar-refractivity contribution in [2.45, 2.75) is 33.4 Å². The van der Waals surface area contributed by atoms with Gasteiger partial charge in [0.1, 0.15) is 5.75 Å². The van der Waals surface area contributed by atoms with Crippen LogP contribution in [0.5, 0.6) is 5.75 Å². The maximum Gasteiger partial charge on any atom is 0.237 e. The number of benzene rings is 2. The summed E-state index contributed by atoms with van der Waals surface area (Å²) < 4.78 is 5.22. The van der Waals surface area contributed by atoms with Crippen molar-refractivity contribution in [3.63, 3.8) is 0 Å². The number of ether oxygens (including phenoxy) is 1. The van der Waals surface area contributed by atoms with Crippen LogP contribution in [0.25, 0.3) is 10.8 Å². The van der Waals surface area contributed by atoms with Crippen molar-refractivity contribution in [3.05, 3.63) is 42.0 Å². The lowest BCUT2D eigenvalue weighted by Crippen LogP contribution is -2.48. The fourth-order valence-electron chi connectivity index (χ4n) is 2.20. The highest BCUT2D eigenvalue weighted by atomic mass is 16.5. The molecule has 22 heavy (non-hydrogen) atoms. The SMILES string of the molecule is COc1ccc2cc(CNC(=O)[C@@H](N)C(C)(C)C)ccc2c1. The van der Waals surface area contributed by atoms with E-state index in [0.29, 0.717) is 6.54 Å². The highest BCUT2D eigenvalue weighted by molar-refractivity contribution is 5.85. The van der Waals surface area contributed by atoms with Crippen LogP contribution in [0.15, 0.2) is 36.4 Å². The Kier molecular flexibility index (Phi) is 4.71. The van der Waals surface area contributed by atoms with Crippen molar-refractivity contribution in [1.29, 1.82) is 0 Å². The van der Waals surface area contributed by atoms with E-state index in [4.69, 9.17) is 10.5 Å². The minimum Gasteiger partial charge on any atom is -0.497 e. The molecule has 0 heterocycles. The van der Waals surface area contributed by atoms with Gasteiger partial charge in [0.15, 0.2) is 0 Å². The smallest absolute Gasteiger partial charge is 0.237 e. The van der Waals surface area contributed by atoms with Crippen molar-refractivity contribution in [3.8, 4) is 5.75 Å². The van der Waals surface area contributed by atoms with Gasteiger partial charge in [-0.2, -0.15) is 0 Å². The molecule has 1 atom stereocenters. The van der Waals surface area contributed by atoms with E-state index in [1.54, 1.807) is 7.11 Å². The van der Waals surface area contributed by atoms with Gasteiger partial charge in [0, 0.05) is 6.54 Å². The number of carbonyl (C=O) groups is 1. The Labute approximate surface area is 131 Å². The first-order valence-corrected chi connectivity index (χ1v) is 7.41. The van der Waals surface area contributed by atoms with Crippen LogP contribution in [0.3, 0.4) is 0 Å². The van der Waals surface area contributed by atoms with Crippen molar-refractivity contribution < 1.29 is 9.53 Å². The van der Waals surface area contributed by atoms with Gasteiger partial charge in [0.25, 0.3) is 0 Å². The highest BCUT2D eigenvalue weighted by Crippen LogP contribution is 2.22. The summed E-state index contributed by atoms with van der Waals surface area (Å²) in [5, 5.41) is 5.13. The summed E-state index contributed by atoms with van der Waals surface area (Å²) in [5.74, 6) is 0.715. The topological polar surface area (TPSA) is 64.3 Å². The molecule has 0 aliphatic heterocycles. The zero-order valence-electron chi connectivity index (χ0n) is 13.6. The van der Waals surface area contributed by atoms with Crippen LogP contribution in [-0.2, 0) is 11.3 Å². The molecule has 2 aromatic carbocycles. The average molecular weight is 300 g/mol. The molecule has 4 nitrogen and oxygen atoms in total. The molecule has 118 valence electrons. The van der Waals surface area contributed by atoms with E-state index in [-0.39, 0.29) is 11.3 Å². The molecule has 2 rings (SSSR count). The molecular formula is C18H24N2O2. The number of carbonyl (C=O) groups excluding carboxylic acids is 1. The van der Waals surface area contributed by atoms with Gasteiger partial charge in [0.05, 0.1) is 13.2 Å². The molecular weight excluding hydrogens is 276 g/mol. The van der Waals surface area contributed by atoms with E-state index in [9.17, 15) is 4.79 Å². The number of rotatable bonds is 4. The number of methoxy groups -OCH3 is 1. The highest BCUT2D eigenvalue weighted by Gasteiger charge is 2.27. The molecule has 0 fully saturated rings. The molecule has 2 aromatic rings. The molecule has 1 amide bonds. The summed E-state index contributed by atoms with van der Waals surface area (Å²) in [7, 11) is 1.66. The van der Waals surface area contributed by atoms with Gasteiger partial charge < -0.3 is 15.8 Å². The second-order valence-corrected chi connectivity index (χ2v) is 6.61. The minimum absolute atomic E-state index is 0.123. The molecule has 0 bridgehead atoms. The van der Waals surface area contributed by atoms with Gasteiger partial charge in [-0.15, -0.1) is 0 Å². The Morgan fingerprint density at radius 1 is 1.18 bits per heavy atom. The molecule has 0 radical (unpaired) electrons. The van der Waals surface area contributed by atoms with Gasteiger partial charge in [-0.05, 0) is 39.9 Å². The Morgan fingerprint density at radius 2 is 1.82 bits per heavy atom. The second-order valence-electron chi connectivity index (χ2n) is 6.61. The predicted octanol–water partition coefficient (Wildman–Crippen LogP) is 2.84. The lowest BCUT2D eigenvalue weighted by Gasteiger charge is -2.25. The van der Waals surface area contributed by atoms with Crippen LogP contribution in [0.1, 0.15) is 26.3 Å². The maximum absolute atomic E-state index is 12.1. The third kappa shape index (κ3) is 3.77. The zero-order valence-corrected chi connectivity index (χ0v) is 13.6. The van der Waals surface area contributed by atoms with Crippen molar-refractivity contribution >= 4 is 16.7 Å². The third-order valence-corrected chi connectivity index (χ3v) is 3.79. The first-order valence-electron chi connectivity index (χ1n) is 7.41. The summed E-state index contributed by atoms with van der Waals surface area (Å²) >= 11 is 0. The summed E-state index contributed by atoms with van der Waals surface area (Å²) in [6, 6.07) is 11.5. The molecule has 0 spiro atoms. The van der Waals surface area contributed by atoms with Gasteiger partial charge in [0.2, 0.25) is 5.91 Å². The maximum atomic E-state index is 12.1. The van der Waals surface area contributed by atoms with E-state index in [1.807, 2.05) is 51.1 Å². The molecule has 0 unspecified atom stereocenters. The number of hydrogen-bond donors (Lipinski definition) is 2. The third-order valence-electron chi connectivity index (χ3n) is 3.79. The van der Waals surface area contributed by atoms with Crippen molar-refractivity contribution in [1.82, 2.24) is 5.32 Å². The number of hydrogen-bond acceptors (Lipinski definition) is 3. The zero-order chi connectivity index (χ0) is 16.3. The first kappa shape index (κ1) is 16.3. The molecule has 4 heteroatoms. The number of fused-ring (bicyclic) bond motifs is 1. The molecule has 0 saturated carbocycles. The number of nitrogens with two attached hydrogens (primary N) is 1. The number of amides is 1. The van der Waals surface area contributed by atoms with Gasteiger partial charge in [-0.25, -0.2) is 0 Å². The van der Waals surface area contributed by atoms with Crippen molar-refractivity contribution in [2.75, 3.05) is 7.11 Å². The normalized spacial score (nSPS) is 13.0. The minimum atomic E-state index is -0.516. The Hall–Kier alpha value is -2.07. The monoisotopic (exact) mass is 300 g/mol. The average Bonchev–Trinajstić information content (AvgIpc) is 2.50. The van der Waals surface area contributed by atoms with Crippen LogP contribution >= 0.6 is 0 Å². The Morgan fingerprint density at radius 3 is 2.45 bits per heavy atom. The van der Waals surface area contributed by atoms with E-state index >= 15 is 0 Å². The van der Waals surface area contributed by atoms with Crippen LogP contribution in [0.2, 0.25) is 0 Å². The molecule has 0 aromatic heterocycles. The standard InChI is InChI=1S/C18H24N2O2/c1-18(2,3)16(19)17(21)20-11-12-5-6-14-10-15(22-4)8-7-13(14)9-12/h5-10,16H,11,19H2,1-4H3,(H,20,21)/t16-/m1/s1. The largest absolute Gasteiger partial charge is 0.497 e. The van der Waals surface area contributed by atoms with E-state index < -0.39 is 6.04 Å². The summed E-state index contributed by atoms with van der Waals surface area (Å²) in [4.78, 5) is 12.1. The molecule has 3 N–H and O–H groups in total. The van der Waals surface area contributed by atoms with Crippen LogP contribution < -0.4 is 15.8 Å². The Bertz CT molecular complexity index is 674. The lowest BCUT2D eigenvalue weighted by molar-refractivity contribution is -0.124.